The highest BCUT2D eigenvalue weighted by Gasteiger charge is 2.16. The van der Waals surface area contributed by atoms with Crippen LogP contribution in [0.1, 0.15) is 22.9 Å². The number of aryl methyl sites for hydroxylation is 1. The van der Waals surface area contributed by atoms with Gasteiger partial charge in [0.15, 0.2) is 0 Å². The summed E-state index contributed by atoms with van der Waals surface area (Å²) < 4.78 is 3.83. The van der Waals surface area contributed by atoms with Gasteiger partial charge in [-0.1, -0.05) is 115 Å². The van der Waals surface area contributed by atoms with Gasteiger partial charge in [-0.2, -0.15) is 5.26 Å². The fourth-order valence-electron chi connectivity index (χ4n) is 7.47. The monoisotopic (exact) mass is 699 g/mol. The van der Waals surface area contributed by atoms with Crippen molar-refractivity contribution in [3.63, 3.8) is 0 Å². The molecule has 0 N–H and O–H groups in total. The van der Waals surface area contributed by atoms with E-state index in [-0.39, 0.29) is 0 Å². The van der Waals surface area contributed by atoms with Crippen LogP contribution in [0.2, 0.25) is 0 Å². The minimum atomic E-state index is 0.649. The van der Waals surface area contributed by atoms with Gasteiger partial charge in [-0.05, 0) is 124 Å². The number of fused-ring (bicyclic) bond motifs is 4. The maximum absolute atomic E-state index is 10.3. The Morgan fingerprint density at radius 1 is 0.481 bits per heavy atom. The van der Waals surface area contributed by atoms with E-state index in [0.29, 0.717) is 5.56 Å². The molecule has 0 saturated heterocycles. The zero-order valence-electron chi connectivity index (χ0n) is 28.9. The molecular weight excluding hydrogens is 667 g/mol. The normalized spacial score (nSPS) is 11.6. The van der Waals surface area contributed by atoms with Crippen LogP contribution in [0.3, 0.4) is 0 Å². The fourth-order valence-corrected chi connectivity index (χ4v) is 9.89. The molecule has 9 aromatic rings. The van der Waals surface area contributed by atoms with E-state index in [0.717, 1.165) is 44.5 Å². The van der Waals surface area contributed by atoms with Gasteiger partial charge in [0.05, 0.1) is 11.6 Å². The maximum Gasteiger partial charge on any atom is 0.0992 e. The Morgan fingerprint density at radius 2 is 1.02 bits per heavy atom. The van der Waals surface area contributed by atoms with Gasteiger partial charge in [-0.15, -0.1) is 22.7 Å². The Hall–Kier alpha value is -6.05. The Balaban J connectivity index is 1.21. The van der Waals surface area contributed by atoms with Crippen molar-refractivity contribution in [2.24, 2.45) is 0 Å². The minimum Gasteiger partial charge on any atom is -0.192 e. The topological polar surface area (TPSA) is 23.8 Å². The van der Waals surface area contributed by atoms with Crippen molar-refractivity contribution in [3.05, 3.63) is 174 Å². The predicted octanol–water partition coefficient (Wildman–Crippen LogP) is 14.8. The number of hydrogen-bond acceptors (Lipinski definition) is 3. The van der Waals surface area contributed by atoms with E-state index in [1.54, 1.807) is 0 Å². The van der Waals surface area contributed by atoms with Crippen LogP contribution in [0, 0.1) is 18.3 Å². The molecule has 7 aromatic carbocycles. The van der Waals surface area contributed by atoms with Crippen molar-refractivity contribution in [1.82, 2.24) is 0 Å². The largest absolute Gasteiger partial charge is 0.192 e. The predicted molar refractivity (Wildman–Crippen MR) is 226 cm³/mol. The van der Waals surface area contributed by atoms with Gasteiger partial charge in [0.2, 0.25) is 0 Å². The molecule has 52 heavy (non-hydrogen) atoms. The highest BCUT2D eigenvalue weighted by atomic mass is 32.1. The van der Waals surface area contributed by atoms with E-state index in [1.165, 1.54) is 51.8 Å². The Labute approximate surface area is 312 Å². The lowest BCUT2D eigenvalue weighted by Gasteiger charge is -2.14. The SMILES string of the molecule is C/C=C\c1c(C)sc2c(-c3cccc(-c4cc(-c5ccccc5)cc(-c5cc(C#N)cc(-c6cccc7c6sc6ccccc67)c5)c4)c3)cccc12. The van der Waals surface area contributed by atoms with Crippen LogP contribution < -0.4 is 0 Å². The first kappa shape index (κ1) is 31.9. The molecule has 2 aromatic heterocycles. The third-order valence-corrected chi connectivity index (χ3v) is 12.3. The molecule has 9 rings (SSSR count). The summed E-state index contributed by atoms with van der Waals surface area (Å²) in [5.41, 5.74) is 13.3. The molecule has 0 atom stereocenters. The summed E-state index contributed by atoms with van der Waals surface area (Å²) in [7, 11) is 0. The molecule has 246 valence electrons. The molecule has 1 nitrogen and oxygen atoms in total. The van der Waals surface area contributed by atoms with Gasteiger partial charge in [-0.25, -0.2) is 0 Å². The smallest absolute Gasteiger partial charge is 0.0992 e. The van der Waals surface area contributed by atoms with Crippen LogP contribution in [-0.2, 0) is 0 Å². The molecule has 2 heterocycles. The maximum atomic E-state index is 10.3. The molecule has 0 radical (unpaired) electrons. The highest BCUT2D eigenvalue weighted by Crippen LogP contribution is 2.43. The second kappa shape index (κ2) is 13.2. The van der Waals surface area contributed by atoms with Crippen LogP contribution in [0.15, 0.2) is 158 Å². The van der Waals surface area contributed by atoms with Crippen molar-refractivity contribution in [1.29, 1.82) is 5.26 Å². The lowest BCUT2D eigenvalue weighted by Crippen LogP contribution is -1.89. The van der Waals surface area contributed by atoms with Crippen molar-refractivity contribution >= 4 is 59.0 Å². The second-order valence-electron chi connectivity index (χ2n) is 13.2. The highest BCUT2D eigenvalue weighted by molar-refractivity contribution is 7.26. The van der Waals surface area contributed by atoms with Gasteiger partial charge in [0.25, 0.3) is 0 Å². The summed E-state index contributed by atoms with van der Waals surface area (Å²) in [5, 5.41) is 14.1. The molecule has 0 fully saturated rings. The molecule has 0 saturated carbocycles. The summed E-state index contributed by atoms with van der Waals surface area (Å²) in [6.45, 7) is 4.30. The van der Waals surface area contributed by atoms with E-state index in [9.17, 15) is 5.26 Å². The first-order chi connectivity index (χ1) is 25.6. The van der Waals surface area contributed by atoms with Crippen LogP contribution in [0.25, 0.3) is 92.0 Å². The first-order valence-electron chi connectivity index (χ1n) is 17.5. The molecule has 0 unspecified atom stereocenters. The summed E-state index contributed by atoms with van der Waals surface area (Å²) in [6.07, 6.45) is 4.35. The van der Waals surface area contributed by atoms with Crippen molar-refractivity contribution in [3.8, 4) is 61.7 Å². The molecule has 0 spiro atoms. The van der Waals surface area contributed by atoms with Gasteiger partial charge in [-0.3, -0.25) is 0 Å². The number of rotatable bonds is 6. The summed E-state index contributed by atoms with van der Waals surface area (Å²) in [4.78, 5) is 1.33. The molecule has 0 aliphatic carbocycles. The van der Waals surface area contributed by atoms with Crippen LogP contribution >= 0.6 is 22.7 Å². The van der Waals surface area contributed by atoms with Crippen LogP contribution in [-0.4, -0.2) is 0 Å². The lowest BCUT2D eigenvalue weighted by molar-refractivity contribution is 1.48. The summed E-state index contributed by atoms with van der Waals surface area (Å²) in [5.74, 6) is 0. The molecular formula is C49H33NS2. The van der Waals surface area contributed by atoms with Gasteiger partial charge < -0.3 is 0 Å². The van der Waals surface area contributed by atoms with Crippen molar-refractivity contribution in [2.75, 3.05) is 0 Å². The van der Waals surface area contributed by atoms with Gasteiger partial charge in [0.1, 0.15) is 0 Å². The number of thiophene rings is 2. The third-order valence-electron chi connectivity index (χ3n) is 9.93. The summed E-state index contributed by atoms with van der Waals surface area (Å²) in [6, 6.07) is 56.9. The molecule has 0 bridgehead atoms. The quantitative estimate of drug-likeness (QED) is 0.169. The second-order valence-corrected chi connectivity index (χ2v) is 15.5. The number of benzene rings is 7. The van der Waals surface area contributed by atoms with E-state index in [1.807, 2.05) is 34.8 Å². The van der Waals surface area contributed by atoms with Crippen LogP contribution in [0.4, 0.5) is 0 Å². The Kier molecular flexibility index (Phi) is 8.13. The van der Waals surface area contributed by atoms with E-state index < -0.39 is 0 Å². The number of nitriles is 1. The molecule has 0 aliphatic rings. The van der Waals surface area contributed by atoms with Crippen LogP contribution in [0.5, 0.6) is 0 Å². The summed E-state index contributed by atoms with van der Waals surface area (Å²) >= 11 is 3.69. The lowest BCUT2D eigenvalue weighted by atomic mass is 9.90. The number of nitrogens with zero attached hydrogens (tertiary/aromatic N) is 1. The molecule has 0 aliphatic heterocycles. The average molecular weight is 700 g/mol. The van der Waals surface area contributed by atoms with E-state index >= 15 is 0 Å². The third kappa shape index (κ3) is 5.63. The number of hydrogen-bond donors (Lipinski definition) is 0. The van der Waals surface area contributed by atoms with Crippen molar-refractivity contribution in [2.45, 2.75) is 13.8 Å². The van der Waals surface area contributed by atoms with E-state index in [2.05, 4.69) is 172 Å². The first-order valence-corrected chi connectivity index (χ1v) is 19.1. The standard InChI is InChI=1S/C49H33NS2/c1-3-12-41-31(2)51-48-42(18-10-20-45(41)48)35-16-9-15-34(25-35)38-26-37(33-13-5-4-6-14-33)27-39(28-38)36-23-32(30-50)24-40(29-36)43-19-11-21-46-44-17-7-8-22-47(44)52-49(43)46/h3-29H,1-2H3/b12-3-. The Bertz CT molecular complexity index is 2880. The Morgan fingerprint density at radius 3 is 1.81 bits per heavy atom. The number of allylic oxidation sites excluding steroid dienone is 1. The average Bonchev–Trinajstić information content (AvgIpc) is 3.74. The zero-order valence-corrected chi connectivity index (χ0v) is 30.5. The van der Waals surface area contributed by atoms with E-state index in [4.69, 9.17) is 0 Å². The zero-order chi connectivity index (χ0) is 35.2. The van der Waals surface area contributed by atoms with Gasteiger partial charge in [0, 0.05) is 35.1 Å². The van der Waals surface area contributed by atoms with Gasteiger partial charge >= 0.3 is 0 Å². The minimum absolute atomic E-state index is 0.649. The molecule has 0 amide bonds. The van der Waals surface area contributed by atoms with Crippen molar-refractivity contribution < 1.29 is 0 Å². The fraction of sp³-hybridized carbons (Fsp3) is 0.0408. The molecule has 3 heteroatoms.